The number of amides is 1. The van der Waals surface area contributed by atoms with Gasteiger partial charge < -0.3 is 5.32 Å². The molecule has 1 saturated carbocycles. The van der Waals surface area contributed by atoms with Crippen LogP contribution in [0.3, 0.4) is 0 Å². The average Bonchev–Trinajstić information content (AvgIpc) is 3.16. The molecule has 3 heterocycles. The number of hydrogen-bond acceptors (Lipinski definition) is 4. The molecule has 1 aromatic rings. The summed E-state index contributed by atoms with van der Waals surface area (Å²) in [6.45, 7) is 2.68. The zero-order chi connectivity index (χ0) is 13.5. The summed E-state index contributed by atoms with van der Waals surface area (Å²) >= 11 is 0. The van der Waals surface area contributed by atoms with Crippen LogP contribution in [0.15, 0.2) is 6.20 Å². The number of aromatic nitrogens is 3. The van der Waals surface area contributed by atoms with E-state index in [1.807, 2.05) is 4.68 Å². The minimum absolute atomic E-state index is 0.0696. The molecule has 2 saturated heterocycles. The Bertz CT molecular complexity index is 503. The van der Waals surface area contributed by atoms with Gasteiger partial charge in [-0.15, -0.1) is 5.10 Å². The largest absolute Gasteiger partial charge is 0.355 e. The molecule has 1 atom stereocenters. The zero-order valence-electron chi connectivity index (χ0n) is 11.7. The molecule has 108 valence electrons. The summed E-state index contributed by atoms with van der Waals surface area (Å²) in [6, 6.07) is 0.464. The molecule has 0 aromatic carbocycles. The summed E-state index contributed by atoms with van der Waals surface area (Å²) in [4.78, 5) is 14.3. The van der Waals surface area contributed by atoms with Crippen LogP contribution in [-0.4, -0.2) is 51.5 Å². The highest BCUT2D eigenvalue weighted by Gasteiger charge is 2.38. The Hall–Kier alpha value is -1.43. The van der Waals surface area contributed by atoms with Crippen molar-refractivity contribution in [2.75, 3.05) is 19.6 Å². The molecule has 3 aliphatic rings. The first-order valence-corrected chi connectivity index (χ1v) is 7.75. The maximum absolute atomic E-state index is 12.0. The van der Waals surface area contributed by atoms with Crippen molar-refractivity contribution < 1.29 is 4.79 Å². The first-order valence-electron chi connectivity index (χ1n) is 7.75. The molecule has 1 N–H and O–H groups in total. The van der Waals surface area contributed by atoms with E-state index in [-0.39, 0.29) is 11.9 Å². The van der Waals surface area contributed by atoms with Gasteiger partial charge in [-0.05, 0) is 32.1 Å². The number of nitrogens with one attached hydrogen (secondary N) is 1. The van der Waals surface area contributed by atoms with Crippen LogP contribution >= 0.6 is 0 Å². The Morgan fingerprint density at radius 1 is 1.20 bits per heavy atom. The van der Waals surface area contributed by atoms with Gasteiger partial charge >= 0.3 is 0 Å². The molecule has 2 aliphatic heterocycles. The Labute approximate surface area is 118 Å². The fourth-order valence-electron chi connectivity index (χ4n) is 3.22. The summed E-state index contributed by atoms with van der Waals surface area (Å²) in [7, 11) is 0. The molecule has 0 bridgehead atoms. The van der Waals surface area contributed by atoms with Gasteiger partial charge in [0, 0.05) is 31.7 Å². The van der Waals surface area contributed by atoms with Crippen molar-refractivity contribution in [3.8, 4) is 0 Å². The Morgan fingerprint density at radius 3 is 2.85 bits per heavy atom. The van der Waals surface area contributed by atoms with Gasteiger partial charge in [0.05, 0.1) is 17.8 Å². The van der Waals surface area contributed by atoms with E-state index in [0.29, 0.717) is 12.0 Å². The number of carbonyl (C=O) groups is 1. The van der Waals surface area contributed by atoms with Gasteiger partial charge in [0.25, 0.3) is 0 Å². The van der Waals surface area contributed by atoms with Crippen molar-refractivity contribution in [3.05, 3.63) is 11.9 Å². The summed E-state index contributed by atoms with van der Waals surface area (Å²) in [5.41, 5.74) is 1.15. The molecule has 6 nitrogen and oxygen atoms in total. The molecule has 0 radical (unpaired) electrons. The highest BCUT2D eigenvalue weighted by atomic mass is 16.2. The van der Waals surface area contributed by atoms with Crippen molar-refractivity contribution in [2.45, 2.75) is 50.1 Å². The molecule has 1 amide bonds. The van der Waals surface area contributed by atoms with Gasteiger partial charge in [-0.25, -0.2) is 4.68 Å². The maximum atomic E-state index is 12.0. The van der Waals surface area contributed by atoms with Crippen LogP contribution < -0.4 is 5.32 Å². The highest BCUT2D eigenvalue weighted by Crippen LogP contribution is 2.39. The van der Waals surface area contributed by atoms with Gasteiger partial charge in [0.15, 0.2) is 0 Å². The average molecular weight is 275 g/mol. The standard InChI is InChI=1S/C14H21N5O/c20-14-13(3-1-2-6-15-14)18-7-11(8-18)19-9-12(16-17-19)10-4-5-10/h9-11,13H,1-8H2,(H,15,20). The van der Waals surface area contributed by atoms with E-state index in [9.17, 15) is 4.79 Å². The van der Waals surface area contributed by atoms with E-state index < -0.39 is 0 Å². The van der Waals surface area contributed by atoms with Crippen LogP contribution in [0, 0.1) is 0 Å². The highest BCUT2D eigenvalue weighted by molar-refractivity contribution is 5.82. The van der Waals surface area contributed by atoms with Crippen LogP contribution in [0.1, 0.15) is 49.8 Å². The lowest BCUT2D eigenvalue weighted by Crippen LogP contribution is -2.57. The first kappa shape index (κ1) is 12.3. The van der Waals surface area contributed by atoms with Gasteiger partial charge in [-0.3, -0.25) is 9.69 Å². The first-order chi connectivity index (χ1) is 9.81. The van der Waals surface area contributed by atoms with Crippen LogP contribution in [0.2, 0.25) is 0 Å². The lowest BCUT2D eigenvalue weighted by molar-refractivity contribution is -0.128. The van der Waals surface area contributed by atoms with E-state index in [4.69, 9.17) is 0 Å². The van der Waals surface area contributed by atoms with Crippen LogP contribution in [-0.2, 0) is 4.79 Å². The predicted octanol–water partition coefficient (Wildman–Crippen LogP) is 0.681. The van der Waals surface area contributed by atoms with E-state index in [2.05, 4.69) is 26.7 Å². The fourth-order valence-corrected chi connectivity index (χ4v) is 3.22. The summed E-state index contributed by atoms with van der Waals surface area (Å²) in [5.74, 6) is 0.866. The second-order valence-corrected chi connectivity index (χ2v) is 6.31. The molecular weight excluding hydrogens is 254 g/mol. The van der Waals surface area contributed by atoms with E-state index in [1.54, 1.807) is 0 Å². The molecule has 3 fully saturated rings. The second-order valence-electron chi connectivity index (χ2n) is 6.31. The van der Waals surface area contributed by atoms with E-state index in [1.165, 1.54) is 12.8 Å². The molecule has 1 aromatic heterocycles. The summed E-state index contributed by atoms with van der Waals surface area (Å²) < 4.78 is 2.00. The summed E-state index contributed by atoms with van der Waals surface area (Å²) in [5, 5.41) is 11.5. The minimum Gasteiger partial charge on any atom is -0.355 e. The van der Waals surface area contributed by atoms with E-state index >= 15 is 0 Å². The molecule has 4 rings (SSSR count). The third-order valence-corrected chi connectivity index (χ3v) is 4.74. The van der Waals surface area contributed by atoms with Crippen molar-refractivity contribution in [1.82, 2.24) is 25.2 Å². The second kappa shape index (κ2) is 4.84. The third kappa shape index (κ3) is 2.22. The van der Waals surface area contributed by atoms with Crippen molar-refractivity contribution in [3.63, 3.8) is 0 Å². The number of likely N-dealkylation sites (tertiary alicyclic amines) is 1. The molecule has 1 unspecified atom stereocenters. The number of carbonyl (C=O) groups excluding carboxylic acids is 1. The van der Waals surface area contributed by atoms with Crippen molar-refractivity contribution in [1.29, 1.82) is 0 Å². The quantitative estimate of drug-likeness (QED) is 0.881. The molecular formula is C14H21N5O. The molecule has 20 heavy (non-hydrogen) atoms. The number of nitrogens with zero attached hydrogens (tertiary/aromatic N) is 4. The van der Waals surface area contributed by atoms with Gasteiger partial charge in [0.1, 0.15) is 0 Å². The van der Waals surface area contributed by atoms with Gasteiger partial charge in [-0.2, -0.15) is 0 Å². The number of hydrogen-bond donors (Lipinski definition) is 1. The zero-order valence-corrected chi connectivity index (χ0v) is 11.7. The minimum atomic E-state index is 0.0696. The number of rotatable bonds is 3. The summed E-state index contributed by atoms with van der Waals surface area (Å²) in [6.07, 6.45) is 7.86. The Balaban J connectivity index is 1.36. The lowest BCUT2D eigenvalue weighted by Gasteiger charge is -2.42. The van der Waals surface area contributed by atoms with Crippen LogP contribution in [0.25, 0.3) is 0 Å². The van der Waals surface area contributed by atoms with Gasteiger partial charge in [0.2, 0.25) is 5.91 Å². The lowest BCUT2D eigenvalue weighted by atomic mass is 10.0. The van der Waals surface area contributed by atoms with Crippen molar-refractivity contribution >= 4 is 5.91 Å². The molecule has 6 heteroatoms. The molecule has 1 aliphatic carbocycles. The monoisotopic (exact) mass is 275 g/mol. The van der Waals surface area contributed by atoms with Crippen LogP contribution in [0.5, 0.6) is 0 Å². The normalized spacial score (nSPS) is 28.8. The fraction of sp³-hybridized carbons (Fsp3) is 0.786. The van der Waals surface area contributed by atoms with E-state index in [0.717, 1.165) is 44.6 Å². The van der Waals surface area contributed by atoms with Crippen molar-refractivity contribution in [2.24, 2.45) is 0 Å². The maximum Gasteiger partial charge on any atom is 0.237 e. The third-order valence-electron chi connectivity index (χ3n) is 4.74. The van der Waals surface area contributed by atoms with Gasteiger partial charge in [-0.1, -0.05) is 5.21 Å². The smallest absolute Gasteiger partial charge is 0.237 e. The SMILES string of the molecule is O=C1NCCCCC1N1CC(n2cc(C3CC3)nn2)C1. The predicted molar refractivity (Wildman–Crippen MR) is 73.3 cm³/mol. The Kier molecular flexibility index (Phi) is 2.98. The Morgan fingerprint density at radius 2 is 2.05 bits per heavy atom. The topological polar surface area (TPSA) is 63.1 Å². The van der Waals surface area contributed by atoms with Crippen LogP contribution in [0.4, 0.5) is 0 Å². The molecule has 0 spiro atoms.